The van der Waals surface area contributed by atoms with Gasteiger partial charge in [0, 0.05) is 18.7 Å². The molecule has 2 rings (SSSR count). The standard InChI is InChI=1S/C16H22F3NO2/c1-20(10-4-7-14-8-5-11-21-14)12-13-6-2-3-9-15(13)22-16(17,18)19/h2-3,6,9,14H,4-5,7-8,10-12H2,1H3/t14-/m0/s1. The Morgan fingerprint density at radius 1 is 1.32 bits per heavy atom. The fraction of sp³-hybridized carbons (Fsp3) is 0.625. The van der Waals surface area contributed by atoms with Crippen LogP contribution in [0.3, 0.4) is 0 Å². The van der Waals surface area contributed by atoms with Crippen LogP contribution in [0.5, 0.6) is 5.75 Å². The van der Waals surface area contributed by atoms with Gasteiger partial charge in [-0.3, -0.25) is 0 Å². The first kappa shape index (κ1) is 17.1. The highest BCUT2D eigenvalue weighted by molar-refractivity contribution is 5.33. The molecule has 6 heteroatoms. The van der Waals surface area contributed by atoms with Crippen LogP contribution in [0.2, 0.25) is 0 Å². The molecule has 22 heavy (non-hydrogen) atoms. The largest absolute Gasteiger partial charge is 0.573 e. The van der Waals surface area contributed by atoms with Gasteiger partial charge in [-0.2, -0.15) is 0 Å². The van der Waals surface area contributed by atoms with Crippen LogP contribution in [0.25, 0.3) is 0 Å². The Bertz CT molecular complexity index is 459. The first-order valence-corrected chi connectivity index (χ1v) is 7.58. The zero-order valence-corrected chi connectivity index (χ0v) is 12.7. The number of alkyl halides is 3. The van der Waals surface area contributed by atoms with Crippen LogP contribution in [0.15, 0.2) is 24.3 Å². The molecule has 0 aromatic heterocycles. The molecule has 1 saturated heterocycles. The summed E-state index contributed by atoms with van der Waals surface area (Å²) < 4.78 is 46.8. The number of hydrogen-bond acceptors (Lipinski definition) is 3. The number of rotatable bonds is 7. The first-order chi connectivity index (χ1) is 10.4. The van der Waals surface area contributed by atoms with Crippen LogP contribution < -0.4 is 4.74 Å². The molecule has 0 amide bonds. The number of hydrogen-bond donors (Lipinski definition) is 0. The Labute approximate surface area is 129 Å². The third kappa shape index (κ3) is 5.85. The topological polar surface area (TPSA) is 21.7 Å². The van der Waals surface area contributed by atoms with Gasteiger partial charge in [-0.05, 0) is 45.3 Å². The second-order valence-electron chi connectivity index (χ2n) is 5.67. The van der Waals surface area contributed by atoms with E-state index >= 15 is 0 Å². The van der Waals surface area contributed by atoms with E-state index in [0.717, 1.165) is 38.8 Å². The van der Waals surface area contributed by atoms with Gasteiger partial charge in [-0.25, -0.2) is 0 Å². The van der Waals surface area contributed by atoms with E-state index in [9.17, 15) is 13.2 Å². The van der Waals surface area contributed by atoms with Crippen molar-refractivity contribution in [3.63, 3.8) is 0 Å². The molecule has 0 N–H and O–H groups in total. The van der Waals surface area contributed by atoms with Gasteiger partial charge < -0.3 is 14.4 Å². The quantitative estimate of drug-likeness (QED) is 0.759. The third-order valence-electron chi connectivity index (χ3n) is 3.73. The average molecular weight is 317 g/mol. The van der Waals surface area contributed by atoms with E-state index in [1.165, 1.54) is 6.07 Å². The van der Waals surface area contributed by atoms with Crippen molar-refractivity contribution in [3.8, 4) is 5.75 Å². The minimum Gasteiger partial charge on any atom is -0.405 e. The molecule has 124 valence electrons. The highest BCUT2D eigenvalue weighted by atomic mass is 19.4. The molecule has 0 saturated carbocycles. The van der Waals surface area contributed by atoms with Crippen molar-refractivity contribution in [1.82, 2.24) is 4.90 Å². The Morgan fingerprint density at radius 2 is 2.09 bits per heavy atom. The van der Waals surface area contributed by atoms with E-state index < -0.39 is 6.36 Å². The summed E-state index contributed by atoms with van der Waals surface area (Å²) in [6.07, 6.45) is -0.0771. The van der Waals surface area contributed by atoms with E-state index in [1.807, 2.05) is 11.9 Å². The number of nitrogens with zero attached hydrogens (tertiary/aromatic N) is 1. The minimum absolute atomic E-state index is 0.124. The second kappa shape index (κ2) is 7.83. The smallest absolute Gasteiger partial charge is 0.405 e. The summed E-state index contributed by atoms with van der Waals surface area (Å²) in [5.74, 6) is -0.124. The van der Waals surface area contributed by atoms with Crippen molar-refractivity contribution >= 4 is 0 Å². The van der Waals surface area contributed by atoms with Crippen LogP contribution in [0.1, 0.15) is 31.2 Å². The predicted octanol–water partition coefficient (Wildman–Crippen LogP) is 3.98. The molecule has 0 radical (unpaired) electrons. The van der Waals surface area contributed by atoms with Gasteiger partial charge in [0.15, 0.2) is 0 Å². The monoisotopic (exact) mass is 317 g/mol. The normalized spacial score (nSPS) is 18.9. The molecule has 1 atom stereocenters. The maximum Gasteiger partial charge on any atom is 0.573 e. The van der Waals surface area contributed by atoms with Gasteiger partial charge in [0.05, 0.1) is 6.10 Å². The van der Waals surface area contributed by atoms with E-state index in [0.29, 0.717) is 18.2 Å². The van der Waals surface area contributed by atoms with Crippen molar-refractivity contribution in [2.24, 2.45) is 0 Å². The van der Waals surface area contributed by atoms with Gasteiger partial charge in [-0.15, -0.1) is 13.2 Å². The Balaban J connectivity index is 1.81. The lowest BCUT2D eigenvalue weighted by molar-refractivity contribution is -0.275. The zero-order valence-electron chi connectivity index (χ0n) is 12.7. The third-order valence-corrected chi connectivity index (χ3v) is 3.73. The number of ether oxygens (including phenoxy) is 2. The number of benzene rings is 1. The molecule has 1 aromatic carbocycles. The maximum absolute atomic E-state index is 12.4. The SMILES string of the molecule is CN(CCC[C@H]1CCCO1)Cc1ccccc1OC(F)(F)F. The Hall–Kier alpha value is -1.27. The van der Waals surface area contributed by atoms with Gasteiger partial charge in [-0.1, -0.05) is 18.2 Å². The number of para-hydroxylation sites is 1. The first-order valence-electron chi connectivity index (χ1n) is 7.58. The summed E-state index contributed by atoms with van der Waals surface area (Å²) in [5.41, 5.74) is 0.541. The molecule has 1 heterocycles. The molecular weight excluding hydrogens is 295 g/mol. The summed E-state index contributed by atoms with van der Waals surface area (Å²) in [5, 5.41) is 0. The van der Waals surface area contributed by atoms with Crippen LogP contribution in [-0.4, -0.2) is 37.6 Å². The molecular formula is C16H22F3NO2. The van der Waals surface area contributed by atoms with Crippen LogP contribution in [0.4, 0.5) is 13.2 Å². The van der Waals surface area contributed by atoms with E-state index in [2.05, 4.69) is 4.74 Å². The lowest BCUT2D eigenvalue weighted by atomic mass is 10.1. The predicted molar refractivity (Wildman–Crippen MR) is 77.7 cm³/mol. The van der Waals surface area contributed by atoms with Crippen molar-refractivity contribution < 1.29 is 22.6 Å². The summed E-state index contributed by atoms with van der Waals surface area (Å²) >= 11 is 0. The van der Waals surface area contributed by atoms with Crippen molar-refractivity contribution in [2.45, 2.75) is 44.7 Å². The highest BCUT2D eigenvalue weighted by Crippen LogP contribution is 2.27. The van der Waals surface area contributed by atoms with Crippen molar-refractivity contribution in [1.29, 1.82) is 0 Å². The molecule has 1 aliphatic heterocycles. The molecule has 3 nitrogen and oxygen atoms in total. The Kier molecular flexibility index (Phi) is 6.08. The molecule has 0 unspecified atom stereocenters. The molecule has 1 aliphatic rings. The van der Waals surface area contributed by atoms with E-state index in [1.54, 1.807) is 18.2 Å². The average Bonchev–Trinajstić information content (AvgIpc) is 2.92. The zero-order chi connectivity index (χ0) is 16.0. The molecule has 1 fully saturated rings. The fourth-order valence-electron chi connectivity index (χ4n) is 2.69. The van der Waals surface area contributed by atoms with Crippen molar-refractivity contribution in [2.75, 3.05) is 20.2 Å². The summed E-state index contributed by atoms with van der Waals surface area (Å²) in [7, 11) is 1.90. The summed E-state index contributed by atoms with van der Waals surface area (Å²) in [4.78, 5) is 2.01. The molecule has 0 aliphatic carbocycles. The van der Waals surface area contributed by atoms with Crippen LogP contribution in [0, 0.1) is 0 Å². The second-order valence-corrected chi connectivity index (χ2v) is 5.67. The van der Waals surface area contributed by atoms with Gasteiger partial charge in [0.25, 0.3) is 0 Å². The maximum atomic E-state index is 12.4. The summed E-state index contributed by atoms with van der Waals surface area (Å²) in [6, 6.07) is 6.28. The number of halogens is 3. The fourth-order valence-corrected chi connectivity index (χ4v) is 2.69. The van der Waals surface area contributed by atoms with Crippen molar-refractivity contribution in [3.05, 3.63) is 29.8 Å². The lowest BCUT2D eigenvalue weighted by Crippen LogP contribution is -2.22. The molecule has 1 aromatic rings. The lowest BCUT2D eigenvalue weighted by Gasteiger charge is -2.20. The van der Waals surface area contributed by atoms with Crippen LogP contribution >= 0.6 is 0 Å². The van der Waals surface area contributed by atoms with Gasteiger partial charge >= 0.3 is 6.36 Å². The van der Waals surface area contributed by atoms with Gasteiger partial charge in [0.2, 0.25) is 0 Å². The van der Waals surface area contributed by atoms with Gasteiger partial charge in [0.1, 0.15) is 5.75 Å². The van der Waals surface area contributed by atoms with E-state index in [-0.39, 0.29) is 5.75 Å². The summed E-state index contributed by atoms with van der Waals surface area (Å²) in [6.45, 7) is 2.10. The highest BCUT2D eigenvalue weighted by Gasteiger charge is 2.32. The van der Waals surface area contributed by atoms with Crippen LogP contribution in [-0.2, 0) is 11.3 Å². The Morgan fingerprint density at radius 3 is 2.77 bits per heavy atom. The molecule has 0 bridgehead atoms. The van der Waals surface area contributed by atoms with E-state index in [4.69, 9.17) is 4.74 Å². The minimum atomic E-state index is -4.66. The molecule has 0 spiro atoms.